The summed E-state index contributed by atoms with van der Waals surface area (Å²) in [4.78, 5) is 18.6. The molecule has 0 unspecified atom stereocenters. The van der Waals surface area contributed by atoms with E-state index in [1.807, 2.05) is 0 Å². The van der Waals surface area contributed by atoms with Crippen molar-refractivity contribution in [3.8, 4) is 0 Å². The lowest BCUT2D eigenvalue weighted by molar-refractivity contribution is 0.0940. The lowest BCUT2D eigenvalue weighted by atomic mass is 10.2. The second-order valence-corrected chi connectivity index (χ2v) is 5.33. The van der Waals surface area contributed by atoms with E-state index in [9.17, 15) is 4.79 Å². The lowest BCUT2D eigenvalue weighted by Gasteiger charge is -2.30. The summed E-state index contributed by atoms with van der Waals surface area (Å²) in [6, 6.07) is 4.48. The summed E-state index contributed by atoms with van der Waals surface area (Å²) in [6.45, 7) is 10.2. The van der Waals surface area contributed by atoms with Gasteiger partial charge in [-0.25, -0.2) is 4.98 Å². The highest BCUT2D eigenvalue weighted by Gasteiger charge is 2.14. The third-order valence-corrected chi connectivity index (χ3v) is 3.27. The summed E-state index contributed by atoms with van der Waals surface area (Å²) in [5, 5.41) is 5.88. The van der Waals surface area contributed by atoms with Crippen molar-refractivity contribution in [1.82, 2.24) is 15.2 Å². The molecule has 0 aliphatic carbocycles. The summed E-state index contributed by atoms with van der Waals surface area (Å²) in [7, 11) is 1.76. The fourth-order valence-electron chi connectivity index (χ4n) is 2.29. The predicted molar refractivity (Wildman–Crippen MR) is 83.1 cm³/mol. The van der Waals surface area contributed by atoms with Crippen LogP contribution in [0, 0.1) is 0 Å². The van der Waals surface area contributed by atoms with Crippen LogP contribution in [0.5, 0.6) is 0 Å². The molecular weight excluding hydrogens is 252 g/mol. The SMILES string of the molecule is CNc1ncccc1C(=O)NCCN(C(C)C)C(C)C. The zero-order valence-corrected chi connectivity index (χ0v) is 13.1. The van der Waals surface area contributed by atoms with E-state index in [1.165, 1.54) is 0 Å². The number of nitrogens with one attached hydrogen (secondary N) is 2. The van der Waals surface area contributed by atoms with Gasteiger partial charge in [0.05, 0.1) is 5.56 Å². The maximum absolute atomic E-state index is 12.1. The monoisotopic (exact) mass is 278 g/mol. The molecule has 0 saturated carbocycles. The van der Waals surface area contributed by atoms with Crippen molar-refractivity contribution in [2.24, 2.45) is 0 Å². The van der Waals surface area contributed by atoms with Gasteiger partial charge in [-0.05, 0) is 39.8 Å². The van der Waals surface area contributed by atoms with E-state index in [4.69, 9.17) is 0 Å². The molecule has 112 valence electrons. The standard InChI is InChI=1S/C15H26N4O/c1-11(2)19(12(3)4)10-9-18-15(20)13-7-6-8-17-14(13)16-5/h6-8,11-12H,9-10H2,1-5H3,(H,16,17)(H,18,20). The van der Waals surface area contributed by atoms with Crippen LogP contribution in [-0.2, 0) is 0 Å². The van der Waals surface area contributed by atoms with Gasteiger partial charge in [-0.3, -0.25) is 9.69 Å². The minimum Gasteiger partial charge on any atom is -0.372 e. The largest absolute Gasteiger partial charge is 0.372 e. The van der Waals surface area contributed by atoms with E-state index >= 15 is 0 Å². The number of carbonyl (C=O) groups excluding carboxylic acids is 1. The maximum Gasteiger partial charge on any atom is 0.255 e. The molecule has 1 rings (SSSR count). The summed E-state index contributed by atoms with van der Waals surface area (Å²) < 4.78 is 0. The van der Waals surface area contributed by atoms with Gasteiger partial charge in [-0.2, -0.15) is 0 Å². The Morgan fingerprint density at radius 3 is 2.50 bits per heavy atom. The van der Waals surface area contributed by atoms with Gasteiger partial charge in [0.25, 0.3) is 5.91 Å². The molecule has 0 saturated heterocycles. The van der Waals surface area contributed by atoms with E-state index in [1.54, 1.807) is 25.4 Å². The van der Waals surface area contributed by atoms with Crippen molar-refractivity contribution in [2.75, 3.05) is 25.5 Å². The summed E-state index contributed by atoms with van der Waals surface area (Å²) in [5.41, 5.74) is 0.579. The van der Waals surface area contributed by atoms with Gasteiger partial charge in [0.15, 0.2) is 0 Å². The maximum atomic E-state index is 12.1. The smallest absolute Gasteiger partial charge is 0.255 e. The molecule has 1 aromatic heterocycles. The Labute approximate surface area is 121 Å². The first-order chi connectivity index (χ1) is 9.47. The zero-order chi connectivity index (χ0) is 15.1. The molecule has 0 fully saturated rings. The van der Waals surface area contributed by atoms with Gasteiger partial charge >= 0.3 is 0 Å². The number of aromatic nitrogens is 1. The van der Waals surface area contributed by atoms with E-state index < -0.39 is 0 Å². The van der Waals surface area contributed by atoms with Gasteiger partial charge in [-0.15, -0.1) is 0 Å². The number of anilines is 1. The number of nitrogens with zero attached hydrogens (tertiary/aromatic N) is 2. The number of rotatable bonds is 7. The van der Waals surface area contributed by atoms with Crippen LogP contribution in [0.4, 0.5) is 5.82 Å². The number of amides is 1. The molecule has 5 nitrogen and oxygen atoms in total. The Bertz CT molecular complexity index is 424. The molecule has 0 aliphatic rings. The van der Waals surface area contributed by atoms with Crippen molar-refractivity contribution in [3.63, 3.8) is 0 Å². The van der Waals surface area contributed by atoms with Crippen LogP contribution in [0.15, 0.2) is 18.3 Å². The minimum atomic E-state index is -0.0880. The van der Waals surface area contributed by atoms with E-state index in [2.05, 4.69) is 48.2 Å². The third kappa shape index (κ3) is 4.49. The van der Waals surface area contributed by atoms with Crippen LogP contribution in [0.2, 0.25) is 0 Å². The van der Waals surface area contributed by atoms with E-state index in [-0.39, 0.29) is 5.91 Å². The molecule has 2 N–H and O–H groups in total. The van der Waals surface area contributed by atoms with E-state index in [0.29, 0.717) is 30.0 Å². The van der Waals surface area contributed by atoms with Crippen LogP contribution in [0.3, 0.4) is 0 Å². The molecule has 0 bridgehead atoms. The van der Waals surface area contributed by atoms with E-state index in [0.717, 1.165) is 6.54 Å². The first kappa shape index (κ1) is 16.4. The number of carbonyl (C=O) groups is 1. The highest BCUT2D eigenvalue weighted by molar-refractivity contribution is 5.98. The number of hydrogen-bond acceptors (Lipinski definition) is 4. The Morgan fingerprint density at radius 1 is 1.30 bits per heavy atom. The predicted octanol–water partition coefficient (Wildman–Crippen LogP) is 1.97. The van der Waals surface area contributed by atoms with Gasteiger partial charge in [0.2, 0.25) is 0 Å². The van der Waals surface area contributed by atoms with Crippen LogP contribution >= 0.6 is 0 Å². The molecule has 1 heterocycles. The number of pyridine rings is 1. The van der Waals surface area contributed by atoms with Crippen LogP contribution in [0.1, 0.15) is 38.1 Å². The average molecular weight is 278 g/mol. The van der Waals surface area contributed by atoms with Crippen molar-refractivity contribution in [2.45, 2.75) is 39.8 Å². The lowest BCUT2D eigenvalue weighted by Crippen LogP contribution is -2.42. The second kappa shape index (κ2) is 7.85. The van der Waals surface area contributed by atoms with Gasteiger partial charge in [0, 0.05) is 38.4 Å². The fourth-order valence-corrected chi connectivity index (χ4v) is 2.29. The summed E-state index contributed by atoms with van der Waals surface area (Å²) in [6.07, 6.45) is 1.67. The molecule has 1 aromatic rings. The zero-order valence-electron chi connectivity index (χ0n) is 13.1. The highest BCUT2D eigenvalue weighted by Crippen LogP contribution is 2.10. The molecule has 5 heteroatoms. The van der Waals surface area contributed by atoms with Gasteiger partial charge < -0.3 is 10.6 Å². The van der Waals surface area contributed by atoms with Crippen molar-refractivity contribution >= 4 is 11.7 Å². The van der Waals surface area contributed by atoms with Crippen LogP contribution in [0.25, 0.3) is 0 Å². The Hall–Kier alpha value is -1.62. The molecule has 1 amide bonds. The van der Waals surface area contributed by atoms with Crippen molar-refractivity contribution < 1.29 is 4.79 Å². The first-order valence-electron chi connectivity index (χ1n) is 7.14. The van der Waals surface area contributed by atoms with Gasteiger partial charge in [0.1, 0.15) is 5.82 Å². The van der Waals surface area contributed by atoms with Crippen LogP contribution < -0.4 is 10.6 Å². The molecule has 0 aromatic carbocycles. The van der Waals surface area contributed by atoms with Gasteiger partial charge in [-0.1, -0.05) is 0 Å². The third-order valence-electron chi connectivity index (χ3n) is 3.27. The Morgan fingerprint density at radius 2 is 1.95 bits per heavy atom. The molecule has 0 spiro atoms. The normalized spacial score (nSPS) is 11.2. The molecule has 0 atom stereocenters. The van der Waals surface area contributed by atoms with Crippen LogP contribution in [-0.4, -0.2) is 48.0 Å². The number of hydrogen-bond donors (Lipinski definition) is 2. The molecule has 0 radical (unpaired) electrons. The Kier molecular flexibility index (Phi) is 6.45. The second-order valence-electron chi connectivity index (χ2n) is 5.33. The molecule has 20 heavy (non-hydrogen) atoms. The summed E-state index contributed by atoms with van der Waals surface area (Å²) in [5.74, 6) is 0.518. The molecular formula is C15H26N4O. The Balaban J connectivity index is 2.55. The highest BCUT2D eigenvalue weighted by atomic mass is 16.1. The minimum absolute atomic E-state index is 0.0880. The molecule has 0 aliphatic heterocycles. The quantitative estimate of drug-likeness (QED) is 0.800. The first-order valence-corrected chi connectivity index (χ1v) is 7.14. The fraction of sp³-hybridized carbons (Fsp3) is 0.600. The van der Waals surface area contributed by atoms with Crippen molar-refractivity contribution in [1.29, 1.82) is 0 Å². The average Bonchev–Trinajstić information content (AvgIpc) is 2.42. The van der Waals surface area contributed by atoms with Crippen molar-refractivity contribution in [3.05, 3.63) is 23.9 Å². The topological polar surface area (TPSA) is 57.3 Å². The summed E-state index contributed by atoms with van der Waals surface area (Å²) >= 11 is 0.